The molecule has 12 rings (SSSR count). The SMILES string of the molecule is CC(C)(C)c1ccc(Nc2cc3c(cc2-c2ccc4c5cc6c(cc5n5c4c2[B]c2cc4c(cc2-5)-c2ccccc2C4(C)C)sc2ccccc26)C(C)(C)CCC3(C)C)cc1. The molecule has 0 amide bonds. The van der Waals surface area contributed by atoms with Crippen LogP contribution < -0.4 is 16.2 Å². The van der Waals surface area contributed by atoms with Gasteiger partial charge >= 0.3 is 0 Å². The van der Waals surface area contributed by atoms with Gasteiger partial charge in [-0.25, -0.2) is 0 Å². The van der Waals surface area contributed by atoms with E-state index in [0.29, 0.717) is 0 Å². The minimum absolute atomic E-state index is 0.0642. The number of nitrogens with one attached hydrogen (secondary N) is 1. The van der Waals surface area contributed by atoms with Crippen LogP contribution in [0.15, 0.2) is 121 Å². The van der Waals surface area contributed by atoms with Crippen molar-refractivity contribution in [3.05, 3.63) is 149 Å². The zero-order chi connectivity index (χ0) is 42.0. The van der Waals surface area contributed by atoms with Crippen molar-refractivity contribution in [2.24, 2.45) is 0 Å². The molecule has 2 nitrogen and oxygen atoms in total. The van der Waals surface area contributed by atoms with Crippen molar-refractivity contribution in [2.45, 2.75) is 96.8 Å². The number of aromatic nitrogens is 1. The molecule has 4 heteroatoms. The van der Waals surface area contributed by atoms with Crippen LogP contribution in [0.5, 0.6) is 0 Å². The van der Waals surface area contributed by atoms with Crippen molar-refractivity contribution in [1.29, 1.82) is 0 Å². The minimum Gasteiger partial charge on any atom is -0.355 e. The van der Waals surface area contributed by atoms with Crippen LogP contribution in [0, 0.1) is 0 Å². The van der Waals surface area contributed by atoms with Crippen molar-refractivity contribution in [2.75, 3.05) is 5.32 Å². The molecule has 0 saturated heterocycles. The number of rotatable bonds is 3. The number of nitrogens with zero attached hydrogens (tertiary/aromatic N) is 1. The molecule has 0 atom stereocenters. The van der Waals surface area contributed by atoms with Crippen LogP contribution in [0.2, 0.25) is 0 Å². The van der Waals surface area contributed by atoms with Crippen molar-refractivity contribution in [1.82, 2.24) is 4.57 Å². The quantitative estimate of drug-likeness (QED) is 0.176. The van der Waals surface area contributed by atoms with E-state index in [1.807, 2.05) is 11.3 Å². The molecule has 3 heterocycles. The molecule has 2 aromatic heterocycles. The monoisotopic (exact) mass is 807 g/mol. The molecular weight excluding hydrogens is 756 g/mol. The van der Waals surface area contributed by atoms with Gasteiger partial charge in [0.25, 0.3) is 0 Å². The van der Waals surface area contributed by atoms with Gasteiger partial charge in [0.15, 0.2) is 7.28 Å². The molecule has 1 radical (unpaired) electrons. The Morgan fingerprint density at radius 3 is 2.07 bits per heavy atom. The molecule has 2 aliphatic carbocycles. The highest BCUT2D eigenvalue weighted by Crippen LogP contribution is 2.52. The van der Waals surface area contributed by atoms with Crippen LogP contribution in [0.4, 0.5) is 11.4 Å². The number of fused-ring (bicyclic) bond motifs is 12. The van der Waals surface area contributed by atoms with Crippen molar-refractivity contribution in [3.8, 4) is 27.9 Å². The van der Waals surface area contributed by atoms with Gasteiger partial charge in [-0.1, -0.05) is 141 Å². The molecule has 1 N–H and O–H groups in total. The molecule has 7 aromatic carbocycles. The fourth-order valence-electron chi connectivity index (χ4n) is 11.3. The van der Waals surface area contributed by atoms with E-state index in [1.165, 1.54) is 127 Å². The fraction of sp³-hybridized carbons (Fsp3) is 0.263. The van der Waals surface area contributed by atoms with Crippen LogP contribution in [-0.2, 0) is 21.7 Å². The third kappa shape index (κ3) is 5.27. The van der Waals surface area contributed by atoms with Gasteiger partial charge in [-0.15, -0.1) is 11.3 Å². The molecule has 0 spiro atoms. The first kappa shape index (κ1) is 37.2. The molecule has 0 saturated carbocycles. The standard InChI is InChI=1S/C57H52BN2S/c1-54(2,3)32-18-20-33(21-19-32)59-47-30-45-44(55(4,5)24-25-56(45,6)7)27-39(47)36-22-23-37-40-26-41-35-15-11-13-17-50(35)61-51(41)31-48(40)60-49-28-38-34-14-10-12-16-42(34)57(8,9)43(38)29-46(49)58-52(36)53(37)60/h10-23,26-31,59H,24-25H2,1-9H3. The number of anilines is 2. The Labute approximate surface area is 364 Å². The Morgan fingerprint density at radius 2 is 1.30 bits per heavy atom. The minimum atomic E-state index is -0.0948. The first-order valence-electron chi connectivity index (χ1n) is 22.2. The Balaban J connectivity index is 1.16. The van der Waals surface area contributed by atoms with E-state index in [0.717, 1.165) is 5.69 Å². The smallest absolute Gasteiger partial charge is 0.197 e. The van der Waals surface area contributed by atoms with E-state index in [2.05, 4.69) is 201 Å². The average molecular weight is 808 g/mol. The number of thiophene rings is 1. The zero-order valence-electron chi connectivity index (χ0n) is 36.9. The molecular formula is C57H52BN2S. The van der Waals surface area contributed by atoms with E-state index in [9.17, 15) is 0 Å². The van der Waals surface area contributed by atoms with Gasteiger partial charge in [0.2, 0.25) is 0 Å². The summed E-state index contributed by atoms with van der Waals surface area (Å²) in [7, 11) is 2.53. The molecule has 61 heavy (non-hydrogen) atoms. The van der Waals surface area contributed by atoms with Gasteiger partial charge in [-0.2, -0.15) is 0 Å². The molecule has 0 fully saturated rings. The first-order chi connectivity index (χ1) is 29.1. The molecule has 0 unspecified atom stereocenters. The summed E-state index contributed by atoms with van der Waals surface area (Å²) >= 11 is 1.91. The van der Waals surface area contributed by atoms with Gasteiger partial charge in [0.05, 0.1) is 5.52 Å². The van der Waals surface area contributed by atoms with E-state index < -0.39 is 0 Å². The normalized spacial score (nSPS) is 16.7. The third-order valence-electron chi connectivity index (χ3n) is 15.0. The van der Waals surface area contributed by atoms with Gasteiger partial charge in [-0.3, -0.25) is 0 Å². The summed E-state index contributed by atoms with van der Waals surface area (Å²) in [6.07, 6.45) is 2.34. The van der Waals surface area contributed by atoms with E-state index >= 15 is 0 Å². The Hall–Kier alpha value is -5.58. The highest BCUT2D eigenvalue weighted by Gasteiger charge is 2.40. The van der Waals surface area contributed by atoms with E-state index in [1.54, 1.807) is 0 Å². The number of hydrogen-bond acceptors (Lipinski definition) is 2. The summed E-state index contributed by atoms with van der Waals surface area (Å²) in [4.78, 5) is 0. The second-order valence-corrected chi connectivity index (χ2v) is 22.2. The predicted octanol–water partition coefficient (Wildman–Crippen LogP) is 14.5. The second kappa shape index (κ2) is 12.3. The molecule has 9 aromatic rings. The Kier molecular flexibility index (Phi) is 7.50. The first-order valence-corrected chi connectivity index (χ1v) is 23.0. The lowest BCUT2D eigenvalue weighted by molar-refractivity contribution is 0.332. The summed E-state index contributed by atoms with van der Waals surface area (Å²) in [6.45, 7) is 21.4. The lowest BCUT2D eigenvalue weighted by Gasteiger charge is -2.42. The predicted molar refractivity (Wildman–Crippen MR) is 265 cm³/mol. The van der Waals surface area contributed by atoms with E-state index in [-0.39, 0.29) is 21.7 Å². The largest absolute Gasteiger partial charge is 0.355 e. The maximum Gasteiger partial charge on any atom is 0.197 e. The maximum atomic E-state index is 4.01. The van der Waals surface area contributed by atoms with Gasteiger partial charge in [0.1, 0.15) is 0 Å². The van der Waals surface area contributed by atoms with Crippen LogP contribution in [0.1, 0.15) is 103 Å². The maximum absolute atomic E-state index is 4.01. The molecule has 0 bridgehead atoms. The van der Waals surface area contributed by atoms with Crippen molar-refractivity contribution >= 4 is 82.9 Å². The number of benzene rings is 7. The van der Waals surface area contributed by atoms with Crippen molar-refractivity contribution < 1.29 is 0 Å². The average Bonchev–Trinajstić information content (AvgIpc) is 3.84. The highest BCUT2D eigenvalue weighted by atomic mass is 32.1. The Bertz CT molecular complexity index is 3360. The summed E-state index contributed by atoms with van der Waals surface area (Å²) < 4.78 is 5.30. The molecule has 3 aliphatic rings. The lowest BCUT2D eigenvalue weighted by atomic mass is 9.57. The van der Waals surface area contributed by atoms with E-state index in [4.69, 9.17) is 0 Å². The summed E-state index contributed by atoms with van der Waals surface area (Å²) in [6, 6.07) is 47.0. The van der Waals surface area contributed by atoms with Gasteiger partial charge in [0, 0.05) is 64.5 Å². The summed E-state index contributed by atoms with van der Waals surface area (Å²) in [5, 5.41) is 9.31. The summed E-state index contributed by atoms with van der Waals surface area (Å²) in [5.74, 6) is 0. The van der Waals surface area contributed by atoms with Crippen LogP contribution in [-0.4, -0.2) is 11.8 Å². The van der Waals surface area contributed by atoms with Gasteiger partial charge < -0.3 is 9.88 Å². The van der Waals surface area contributed by atoms with Crippen LogP contribution >= 0.6 is 11.3 Å². The molecule has 1 aliphatic heterocycles. The second-order valence-electron chi connectivity index (χ2n) is 21.2. The van der Waals surface area contributed by atoms with Crippen LogP contribution in [0.3, 0.4) is 0 Å². The van der Waals surface area contributed by atoms with Gasteiger partial charge in [-0.05, 0) is 128 Å². The number of hydrogen-bond donors (Lipinski definition) is 1. The van der Waals surface area contributed by atoms with Crippen LogP contribution in [0.25, 0.3) is 69.9 Å². The van der Waals surface area contributed by atoms with Crippen molar-refractivity contribution in [3.63, 3.8) is 0 Å². The highest BCUT2D eigenvalue weighted by molar-refractivity contribution is 7.25. The summed E-state index contributed by atoms with van der Waals surface area (Å²) in [5.41, 5.74) is 21.2. The zero-order valence-corrected chi connectivity index (χ0v) is 37.7. The lowest BCUT2D eigenvalue weighted by Crippen LogP contribution is -2.38. The molecule has 299 valence electrons. The fourth-order valence-corrected chi connectivity index (χ4v) is 12.5. The Morgan fingerprint density at radius 1 is 0.574 bits per heavy atom. The third-order valence-corrected chi connectivity index (χ3v) is 16.2. The topological polar surface area (TPSA) is 17.0 Å².